The van der Waals surface area contributed by atoms with E-state index in [1.807, 2.05) is 24.3 Å². The molecule has 1 atom stereocenters. The van der Waals surface area contributed by atoms with Gasteiger partial charge in [-0.1, -0.05) is 41.9 Å². The molecule has 0 saturated carbocycles. The van der Waals surface area contributed by atoms with E-state index < -0.39 is 10.0 Å². The maximum Gasteiger partial charge on any atom is 0.215 e. The summed E-state index contributed by atoms with van der Waals surface area (Å²) < 4.78 is 38.9. The average Bonchev–Trinajstić information content (AvgIpc) is 2.71. The molecule has 1 aliphatic heterocycles. The molecular formula is C20H25ClN2O4S. The molecular weight excluding hydrogens is 400 g/mol. The number of halogens is 1. The number of hydrogen-bond donors (Lipinski definition) is 1. The Morgan fingerprint density at radius 3 is 2.64 bits per heavy atom. The molecule has 0 aliphatic carbocycles. The first-order valence-corrected chi connectivity index (χ1v) is 11.2. The second kappa shape index (κ2) is 9.71. The van der Waals surface area contributed by atoms with Crippen molar-refractivity contribution in [1.82, 2.24) is 9.62 Å². The van der Waals surface area contributed by atoms with Gasteiger partial charge in [0.2, 0.25) is 10.0 Å². The first-order valence-electron chi connectivity index (χ1n) is 9.15. The van der Waals surface area contributed by atoms with Gasteiger partial charge in [0.1, 0.15) is 5.75 Å². The third-order valence-corrected chi connectivity index (χ3v) is 6.43. The van der Waals surface area contributed by atoms with Crippen molar-refractivity contribution in [2.45, 2.75) is 11.8 Å². The number of nitrogens with one attached hydrogen (secondary N) is 1. The lowest BCUT2D eigenvalue weighted by molar-refractivity contribution is 0.0171. The minimum Gasteiger partial charge on any atom is -0.497 e. The van der Waals surface area contributed by atoms with Crippen LogP contribution in [0.3, 0.4) is 0 Å². The Morgan fingerprint density at radius 1 is 1.18 bits per heavy atom. The highest BCUT2D eigenvalue weighted by Crippen LogP contribution is 2.25. The number of ether oxygens (including phenoxy) is 2. The van der Waals surface area contributed by atoms with E-state index in [4.69, 9.17) is 21.1 Å². The highest BCUT2D eigenvalue weighted by atomic mass is 35.5. The van der Waals surface area contributed by atoms with Crippen LogP contribution in [0.1, 0.15) is 17.2 Å². The second-order valence-corrected chi connectivity index (χ2v) is 8.85. The van der Waals surface area contributed by atoms with E-state index in [-0.39, 0.29) is 18.3 Å². The molecule has 2 aromatic rings. The normalized spacial score (nSPS) is 16.6. The summed E-state index contributed by atoms with van der Waals surface area (Å²) in [6, 6.07) is 14.6. The second-order valence-electron chi connectivity index (χ2n) is 6.64. The van der Waals surface area contributed by atoms with Gasteiger partial charge in [0.25, 0.3) is 0 Å². The molecule has 1 fully saturated rings. The van der Waals surface area contributed by atoms with E-state index in [0.717, 1.165) is 24.4 Å². The molecule has 6 nitrogen and oxygen atoms in total. The van der Waals surface area contributed by atoms with Crippen LogP contribution in [-0.2, 0) is 20.5 Å². The Kier molecular flexibility index (Phi) is 7.31. The topological polar surface area (TPSA) is 67.9 Å². The minimum atomic E-state index is -3.54. The summed E-state index contributed by atoms with van der Waals surface area (Å²) >= 11 is 6.12. The number of hydrogen-bond acceptors (Lipinski definition) is 5. The van der Waals surface area contributed by atoms with Gasteiger partial charge in [-0.2, -0.15) is 0 Å². The molecule has 8 heteroatoms. The first kappa shape index (κ1) is 21.1. The van der Waals surface area contributed by atoms with Crippen LogP contribution in [0.5, 0.6) is 5.75 Å². The Bertz CT molecular complexity index is 885. The molecule has 1 saturated heterocycles. The Labute approximate surface area is 171 Å². The predicted molar refractivity (Wildman–Crippen MR) is 110 cm³/mol. The van der Waals surface area contributed by atoms with Crippen LogP contribution in [0.4, 0.5) is 0 Å². The largest absolute Gasteiger partial charge is 0.497 e. The number of methoxy groups -OCH3 is 1. The number of sulfonamides is 1. The van der Waals surface area contributed by atoms with Gasteiger partial charge in [0.05, 0.1) is 26.1 Å². The summed E-state index contributed by atoms with van der Waals surface area (Å²) in [5.74, 6) is 0.593. The fraction of sp³-hybridized carbons (Fsp3) is 0.400. The third kappa shape index (κ3) is 5.68. The molecule has 1 N–H and O–H groups in total. The maximum absolute atomic E-state index is 12.7. The number of morpholine rings is 1. The van der Waals surface area contributed by atoms with Crippen molar-refractivity contribution in [1.29, 1.82) is 0 Å². The van der Waals surface area contributed by atoms with Gasteiger partial charge in [0.15, 0.2) is 0 Å². The quantitative estimate of drug-likeness (QED) is 0.705. The van der Waals surface area contributed by atoms with Crippen molar-refractivity contribution in [3.8, 4) is 5.75 Å². The molecule has 1 heterocycles. The highest BCUT2D eigenvalue weighted by Gasteiger charge is 2.25. The molecule has 0 radical (unpaired) electrons. The third-order valence-electron chi connectivity index (χ3n) is 4.76. The van der Waals surface area contributed by atoms with E-state index in [1.165, 1.54) is 0 Å². The van der Waals surface area contributed by atoms with Gasteiger partial charge < -0.3 is 9.47 Å². The zero-order chi connectivity index (χ0) is 20.0. The molecule has 0 bridgehead atoms. The van der Waals surface area contributed by atoms with Gasteiger partial charge in [-0.3, -0.25) is 4.90 Å². The SMILES string of the molecule is COc1cccc(C(CNS(=O)(=O)Cc2ccccc2Cl)N2CCOCC2)c1. The van der Waals surface area contributed by atoms with Crippen molar-refractivity contribution < 1.29 is 17.9 Å². The fourth-order valence-corrected chi connectivity index (χ4v) is 4.73. The smallest absolute Gasteiger partial charge is 0.215 e. The molecule has 28 heavy (non-hydrogen) atoms. The van der Waals surface area contributed by atoms with Crippen molar-refractivity contribution in [2.24, 2.45) is 0 Å². The van der Waals surface area contributed by atoms with Crippen LogP contribution < -0.4 is 9.46 Å². The van der Waals surface area contributed by atoms with E-state index in [9.17, 15) is 8.42 Å². The van der Waals surface area contributed by atoms with Crippen molar-refractivity contribution >= 4 is 21.6 Å². The minimum absolute atomic E-state index is 0.111. The van der Waals surface area contributed by atoms with Crippen molar-refractivity contribution in [3.05, 3.63) is 64.7 Å². The highest BCUT2D eigenvalue weighted by molar-refractivity contribution is 7.88. The van der Waals surface area contributed by atoms with E-state index >= 15 is 0 Å². The summed E-state index contributed by atoms with van der Waals surface area (Å²) in [6.45, 7) is 3.02. The number of benzene rings is 2. The lowest BCUT2D eigenvalue weighted by Gasteiger charge is -2.35. The fourth-order valence-electron chi connectivity index (χ4n) is 3.27. The Hall–Kier alpha value is -1.64. The van der Waals surface area contributed by atoms with Crippen molar-refractivity contribution in [3.63, 3.8) is 0 Å². The van der Waals surface area contributed by atoms with Crippen LogP contribution in [0.2, 0.25) is 5.02 Å². The summed E-state index contributed by atoms with van der Waals surface area (Å²) in [5.41, 5.74) is 1.59. The summed E-state index contributed by atoms with van der Waals surface area (Å²) in [7, 11) is -1.92. The number of rotatable bonds is 8. The lowest BCUT2D eigenvalue weighted by Crippen LogP contribution is -2.44. The van der Waals surface area contributed by atoms with E-state index in [1.54, 1.807) is 31.4 Å². The standard InChI is InChI=1S/C20H25ClN2O4S/c1-26-18-7-4-6-16(13-18)20(23-9-11-27-12-10-23)14-22-28(24,25)15-17-5-2-3-8-19(17)21/h2-8,13,20,22H,9-12,14-15H2,1H3. The van der Waals surface area contributed by atoms with Gasteiger partial charge in [-0.25, -0.2) is 13.1 Å². The van der Waals surface area contributed by atoms with Gasteiger partial charge in [-0.15, -0.1) is 0 Å². The summed E-state index contributed by atoms with van der Waals surface area (Å²) in [6.07, 6.45) is 0. The number of nitrogens with zero attached hydrogens (tertiary/aromatic N) is 1. The average molecular weight is 425 g/mol. The van der Waals surface area contributed by atoms with Crippen LogP contribution in [0, 0.1) is 0 Å². The van der Waals surface area contributed by atoms with Crippen LogP contribution in [0.15, 0.2) is 48.5 Å². The molecule has 1 aliphatic rings. The molecule has 1 unspecified atom stereocenters. The van der Waals surface area contributed by atoms with Crippen LogP contribution in [0.25, 0.3) is 0 Å². The Morgan fingerprint density at radius 2 is 1.93 bits per heavy atom. The maximum atomic E-state index is 12.7. The van der Waals surface area contributed by atoms with Gasteiger partial charge in [0, 0.05) is 30.7 Å². The summed E-state index contributed by atoms with van der Waals surface area (Å²) in [5, 5.41) is 0.449. The first-order chi connectivity index (χ1) is 13.5. The van der Waals surface area contributed by atoms with E-state index in [0.29, 0.717) is 23.8 Å². The molecule has 0 amide bonds. The molecule has 3 rings (SSSR count). The molecule has 2 aromatic carbocycles. The lowest BCUT2D eigenvalue weighted by atomic mass is 10.0. The summed E-state index contributed by atoms with van der Waals surface area (Å²) in [4.78, 5) is 2.23. The monoisotopic (exact) mass is 424 g/mol. The van der Waals surface area contributed by atoms with Crippen LogP contribution in [-0.4, -0.2) is 53.3 Å². The molecule has 0 spiro atoms. The van der Waals surface area contributed by atoms with Crippen molar-refractivity contribution in [2.75, 3.05) is 40.0 Å². The predicted octanol–water partition coefficient (Wildman–Crippen LogP) is 2.84. The molecule has 0 aromatic heterocycles. The zero-order valence-corrected chi connectivity index (χ0v) is 17.4. The molecule has 152 valence electrons. The Balaban J connectivity index is 1.76. The van der Waals surface area contributed by atoms with Gasteiger partial charge in [-0.05, 0) is 29.3 Å². The van der Waals surface area contributed by atoms with Crippen LogP contribution >= 0.6 is 11.6 Å². The van der Waals surface area contributed by atoms with E-state index in [2.05, 4.69) is 9.62 Å². The zero-order valence-electron chi connectivity index (χ0n) is 15.8. The van der Waals surface area contributed by atoms with Gasteiger partial charge >= 0.3 is 0 Å².